The number of alkyl halides is 3. The third-order valence-corrected chi connectivity index (χ3v) is 4.42. The van der Waals surface area contributed by atoms with E-state index in [-0.39, 0.29) is 33.9 Å². The first-order valence-electron chi connectivity index (χ1n) is 8.68. The van der Waals surface area contributed by atoms with Crippen LogP contribution < -0.4 is 5.32 Å². The van der Waals surface area contributed by atoms with E-state index in [0.717, 1.165) is 6.20 Å². The van der Waals surface area contributed by atoms with Crippen molar-refractivity contribution in [1.29, 1.82) is 0 Å². The highest BCUT2D eigenvalue weighted by molar-refractivity contribution is 6.35. The number of halogens is 5. The summed E-state index contributed by atoms with van der Waals surface area (Å²) in [4.78, 5) is 28.2. The van der Waals surface area contributed by atoms with Crippen LogP contribution in [0.4, 0.5) is 18.9 Å². The Bertz CT molecular complexity index is 1150. The van der Waals surface area contributed by atoms with Gasteiger partial charge in [-0.15, -0.1) is 0 Å². The molecule has 0 aliphatic rings. The first-order valence-corrected chi connectivity index (χ1v) is 9.43. The van der Waals surface area contributed by atoms with Gasteiger partial charge in [-0.25, -0.2) is 14.5 Å². The molecule has 162 valence electrons. The summed E-state index contributed by atoms with van der Waals surface area (Å²) < 4.78 is 46.2. The molecule has 0 saturated carbocycles. The number of pyridine rings is 1. The number of anilines is 1. The fraction of sp³-hybridized carbons (Fsp3) is 0.158. The predicted octanol–water partition coefficient (Wildman–Crippen LogP) is 5.02. The van der Waals surface area contributed by atoms with Gasteiger partial charge in [0.1, 0.15) is 16.4 Å². The molecule has 0 radical (unpaired) electrons. The maximum atomic E-state index is 13.7. The van der Waals surface area contributed by atoms with E-state index >= 15 is 0 Å². The van der Waals surface area contributed by atoms with Crippen LogP contribution in [-0.2, 0) is 10.9 Å². The number of nitrogens with zero attached hydrogens (tertiary/aromatic N) is 3. The number of esters is 1. The monoisotopic (exact) mass is 472 g/mol. The van der Waals surface area contributed by atoms with E-state index in [1.54, 1.807) is 0 Å². The molecule has 0 aliphatic heterocycles. The van der Waals surface area contributed by atoms with E-state index in [4.69, 9.17) is 23.2 Å². The number of hydrogen-bond acceptors (Lipinski definition) is 5. The molecule has 0 fully saturated rings. The summed E-state index contributed by atoms with van der Waals surface area (Å²) in [6.07, 6.45) is -4.11. The van der Waals surface area contributed by atoms with E-state index in [2.05, 4.69) is 20.1 Å². The number of amides is 1. The van der Waals surface area contributed by atoms with Crippen LogP contribution >= 0.6 is 23.2 Å². The zero-order chi connectivity index (χ0) is 22.8. The van der Waals surface area contributed by atoms with Gasteiger partial charge < -0.3 is 10.1 Å². The number of benzene rings is 1. The normalized spacial score (nSPS) is 11.3. The first kappa shape index (κ1) is 22.6. The van der Waals surface area contributed by atoms with Crippen LogP contribution in [0, 0.1) is 0 Å². The van der Waals surface area contributed by atoms with Gasteiger partial charge in [-0.05, 0) is 37.3 Å². The van der Waals surface area contributed by atoms with Crippen LogP contribution in [0.15, 0.2) is 42.6 Å². The summed E-state index contributed by atoms with van der Waals surface area (Å²) in [7, 11) is 0. The highest BCUT2D eigenvalue weighted by Crippen LogP contribution is 2.34. The van der Waals surface area contributed by atoms with Gasteiger partial charge in [-0.3, -0.25) is 4.79 Å². The molecule has 0 bridgehead atoms. The van der Waals surface area contributed by atoms with Crippen molar-refractivity contribution in [3.8, 4) is 5.69 Å². The van der Waals surface area contributed by atoms with E-state index in [9.17, 15) is 22.8 Å². The maximum Gasteiger partial charge on any atom is 0.434 e. The number of aromatic nitrogens is 3. The molecule has 7 nitrogen and oxygen atoms in total. The van der Waals surface area contributed by atoms with E-state index < -0.39 is 29.3 Å². The quantitative estimate of drug-likeness (QED) is 0.416. The average Bonchev–Trinajstić information content (AvgIpc) is 3.16. The average molecular weight is 473 g/mol. The molecule has 0 unspecified atom stereocenters. The van der Waals surface area contributed by atoms with Gasteiger partial charge in [0, 0.05) is 5.69 Å². The van der Waals surface area contributed by atoms with Crippen molar-refractivity contribution in [3.63, 3.8) is 0 Å². The Balaban J connectivity index is 1.97. The van der Waals surface area contributed by atoms with Gasteiger partial charge in [0.05, 0.1) is 23.5 Å². The molecule has 2 aromatic heterocycles. The van der Waals surface area contributed by atoms with E-state index in [1.807, 2.05) is 0 Å². The Morgan fingerprint density at radius 1 is 1.19 bits per heavy atom. The molecule has 3 rings (SSSR count). The van der Waals surface area contributed by atoms with Gasteiger partial charge in [0.15, 0.2) is 5.69 Å². The molecule has 1 N–H and O–H groups in total. The lowest BCUT2D eigenvalue weighted by molar-refractivity contribution is -0.143. The largest absolute Gasteiger partial charge is 0.462 e. The molecule has 0 saturated heterocycles. The number of carbonyl (C=O) groups is 2. The Morgan fingerprint density at radius 3 is 2.61 bits per heavy atom. The molecule has 3 aromatic rings. The van der Waals surface area contributed by atoms with Crippen molar-refractivity contribution in [2.45, 2.75) is 13.1 Å². The summed E-state index contributed by atoms with van der Waals surface area (Å²) in [6, 6.07) is 8.22. The second-order valence-electron chi connectivity index (χ2n) is 6.01. The molecule has 0 atom stereocenters. The second kappa shape index (κ2) is 8.94. The Morgan fingerprint density at radius 2 is 1.94 bits per heavy atom. The summed E-state index contributed by atoms with van der Waals surface area (Å²) in [6.45, 7) is 1.38. The van der Waals surface area contributed by atoms with Crippen molar-refractivity contribution in [2.75, 3.05) is 11.9 Å². The van der Waals surface area contributed by atoms with Crippen molar-refractivity contribution in [1.82, 2.24) is 14.8 Å². The molecule has 31 heavy (non-hydrogen) atoms. The summed E-state index contributed by atoms with van der Waals surface area (Å²) in [5.74, 6) is -1.86. The molecular weight excluding hydrogens is 460 g/mol. The van der Waals surface area contributed by atoms with Crippen molar-refractivity contribution >= 4 is 40.8 Å². The summed E-state index contributed by atoms with van der Waals surface area (Å²) in [5, 5.41) is 6.27. The lowest BCUT2D eigenvalue weighted by Gasteiger charge is -2.13. The minimum atomic E-state index is -4.89. The Kier molecular flexibility index (Phi) is 6.51. The Labute approximate surface area is 183 Å². The van der Waals surface area contributed by atoms with Gasteiger partial charge in [0.25, 0.3) is 5.91 Å². The van der Waals surface area contributed by atoms with Crippen molar-refractivity contribution in [3.05, 3.63) is 69.7 Å². The SMILES string of the molecule is CCOC(=O)c1cnn(-c2cccc(NC(=O)c3nc(Cl)ccc3Cl)c2)c1C(F)(F)F. The molecule has 0 aliphatic carbocycles. The van der Waals surface area contributed by atoms with Gasteiger partial charge in [-0.1, -0.05) is 29.3 Å². The van der Waals surface area contributed by atoms with Crippen LogP contribution in [0.2, 0.25) is 10.2 Å². The second-order valence-corrected chi connectivity index (χ2v) is 6.80. The van der Waals surface area contributed by atoms with Crippen molar-refractivity contribution in [2.24, 2.45) is 0 Å². The fourth-order valence-electron chi connectivity index (χ4n) is 2.66. The summed E-state index contributed by atoms with van der Waals surface area (Å²) in [5.41, 5.74) is -2.08. The minimum Gasteiger partial charge on any atom is -0.462 e. The van der Waals surface area contributed by atoms with Crippen LogP contribution in [0.25, 0.3) is 5.69 Å². The van der Waals surface area contributed by atoms with Crippen LogP contribution in [0.1, 0.15) is 33.5 Å². The van der Waals surface area contributed by atoms with Crippen LogP contribution in [0.3, 0.4) is 0 Å². The number of ether oxygens (including phenoxy) is 1. The smallest absolute Gasteiger partial charge is 0.434 e. The van der Waals surface area contributed by atoms with Crippen molar-refractivity contribution < 1.29 is 27.5 Å². The molecule has 12 heteroatoms. The zero-order valence-electron chi connectivity index (χ0n) is 15.7. The minimum absolute atomic E-state index is 0.0427. The van der Waals surface area contributed by atoms with Crippen LogP contribution in [0.5, 0.6) is 0 Å². The van der Waals surface area contributed by atoms with Crippen LogP contribution in [-0.4, -0.2) is 33.2 Å². The van der Waals surface area contributed by atoms with E-state index in [1.165, 1.54) is 43.3 Å². The third-order valence-electron chi connectivity index (χ3n) is 3.91. The number of hydrogen-bond donors (Lipinski definition) is 1. The maximum absolute atomic E-state index is 13.7. The first-order chi connectivity index (χ1) is 14.6. The lowest BCUT2D eigenvalue weighted by atomic mass is 10.2. The molecular formula is C19H13Cl2F3N4O3. The lowest BCUT2D eigenvalue weighted by Crippen LogP contribution is -2.19. The van der Waals surface area contributed by atoms with Gasteiger partial charge >= 0.3 is 12.1 Å². The molecule has 0 spiro atoms. The number of nitrogens with one attached hydrogen (secondary N) is 1. The standard InChI is InChI=1S/C19H13Cl2F3N4O3/c1-2-31-18(30)12-9-25-28(16(12)19(22,23)24)11-5-3-4-10(8-11)26-17(29)15-13(20)6-7-14(21)27-15/h3-9H,2H2,1H3,(H,26,29). The third kappa shape index (κ3) is 4.97. The molecule has 1 amide bonds. The van der Waals surface area contributed by atoms with Gasteiger partial charge in [-0.2, -0.15) is 18.3 Å². The van der Waals surface area contributed by atoms with Gasteiger partial charge in [0.2, 0.25) is 0 Å². The predicted molar refractivity (Wildman–Crippen MR) is 107 cm³/mol. The topological polar surface area (TPSA) is 86.1 Å². The highest BCUT2D eigenvalue weighted by Gasteiger charge is 2.41. The van der Waals surface area contributed by atoms with E-state index in [0.29, 0.717) is 4.68 Å². The zero-order valence-corrected chi connectivity index (χ0v) is 17.2. The Hall–Kier alpha value is -3.11. The number of carbonyl (C=O) groups excluding carboxylic acids is 2. The highest BCUT2D eigenvalue weighted by atomic mass is 35.5. The summed E-state index contributed by atoms with van der Waals surface area (Å²) >= 11 is 11.7. The molecule has 2 heterocycles. The molecule has 1 aromatic carbocycles. The number of rotatable bonds is 5. The fourth-order valence-corrected chi connectivity index (χ4v) is 3.00.